The largest absolute Gasteiger partial charge is 0.345 e. The van der Waals surface area contributed by atoms with E-state index in [1.807, 2.05) is 54.4 Å². The van der Waals surface area contributed by atoms with Crippen molar-refractivity contribution in [2.75, 3.05) is 16.7 Å². The van der Waals surface area contributed by atoms with Gasteiger partial charge in [0.15, 0.2) is 0 Å². The van der Waals surface area contributed by atoms with Gasteiger partial charge >= 0.3 is 0 Å². The minimum atomic E-state index is -3.61. The Labute approximate surface area is 150 Å². The van der Waals surface area contributed by atoms with Gasteiger partial charge in [0.1, 0.15) is 4.21 Å². The van der Waals surface area contributed by atoms with Crippen LogP contribution in [0.1, 0.15) is 0 Å². The Balaban J connectivity index is 1.78. The first-order valence-corrected chi connectivity index (χ1v) is 9.80. The van der Waals surface area contributed by atoms with Gasteiger partial charge in [0.25, 0.3) is 10.0 Å². The van der Waals surface area contributed by atoms with Gasteiger partial charge in [-0.25, -0.2) is 8.42 Å². The molecule has 0 unspecified atom stereocenters. The molecule has 0 amide bonds. The van der Waals surface area contributed by atoms with Crippen LogP contribution < -0.4 is 9.62 Å². The van der Waals surface area contributed by atoms with Crippen molar-refractivity contribution in [3.05, 3.63) is 71.1 Å². The van der Waals surface area contributed by atoms with Gasteiger partial charge in [-0.2, -0.15) is 0 Å². The highest BCUT2D eigenvalue weighted by Crippen LogP contribution is 2.28. The number of rotatable bonds is 5. The summed E-state index contributed by atoms with van der Waals surface area (Å²) in [5.74, 6) is 0. The first-order valence-electron chi connectivity index (χ1n) is 7.13. The summed E-state index contributed by atoms with van der Waals surface area (Å²) < 4.78 is 27.8. The van der Waals surface area contributed by atoms with Gasteiger partial charge in [-0.05, 0) is 48.5 Å². The fourth-order valence-corrected chi connectivity index (χ4v) is 4.74. The summed E-state index contributed by atoms with van der Waals surface area (Å²) in [5.41, 5.74) is 2.52. The molecule has 1 N–H and O–H groups in total. The van der Waals surface area contributed by atoms with E-state index in [1.54, 1.807) is 18.2 Å². The van der Waals surface area contributed by atoms with E-state index in [-0.39, 0.29) is 4.21 Å². The van der Waals surface area contributed by atoms with Gasteiger partial charge < -0.3 is 4.90 Å². The van der Waals surface area contributed by atoms with Crippen molar-refractivity contribution in [3.8, 4) is 0 Å². The van der Waals surface area contributed by atoms with Crippen molar-refractivity contribution < 1.29 is 8.42 Å². The lowest BCUT2D eigenvalue weighted by Crippen LogP contribution is -2.12. The number of halogens is 1. The van der Waals surface area contributed by atoms with Crippen molar-refractivity contribution in [2.45, 2.75) is 4.21 Å². The van der Waals surface area contributed by atoms with Crippen molar-refractivity contribution in [3.63, 3.8) is 0 Å². The van der Waals surface area contributed by atoms with Crippen LogP contribution in [0.3, 0.4) is 0 Å². The molecule has 7 heteroatoms. The normalized spacial score (nSPS) is 11.2. The van der Waals surface area contributed by atoms with Gasteiger partial charge in [-0.3, -0.25) is 4.72 Å². The van der Waals surface area contributed by atoms with Crippen LogP contribution in [-0.2, 0) is 10.0 Å². The average molecular weight is 379 g/mol. The molecule has 0 saturated carbocycles. The molecular weight excluding hydrogens is 364 g/mol. The average Bonchev–Trinajstić information content (AvgIpc) is 3.03. The molecule has 0 bridgehead atoms. The van der Waals surface area contributed by atoms with Crippen LogP contribution in [0.2, 0.25) is 4.34 Å². The summed E-state index contributed by atoms with van der Waals surface area (Å²) in [6, 6.07) is 20.2. The molecule has 1 heterocycles. The number of sulfonamides is 1. The molecule has 0 aliphatic rings. The highest BCUT2D eigenvalue weighted by molar-refractivity contribution is 7.94. The molecule has 3 rings (SSSR count). The van der Waals surface area contributed by atoms with E-state index in [0.29, 0.717) is 10.0 Å². The highest BCUT2D eigenvalue weighted by atomic mass is 35.5. The lowest BCUT2D eigenvalue weighted by molar-refractivity contribution is 0.603. The number of para-hydroxylation sites is 1. The van der Waals surface area contributed by atoms with Crippen molar-refractivity contribution in [2.24, 2.45) is 0 Å². The van der Waals surface area contributed by atoms with Crippen molar-refractivity contribution in [1.29, 1.82) is 0 Å². The third-order valence-electron chi connectivity index (χ3n) is 3.46. The van der Waals surface area contributed by atoms with Crippen LogP contribution in [0.25, 0.3) is 0 Å². The summed E-state index contributed by atoms with van der Waals surface area (Å²) in [5, 5.41) is 0. The molecule has 1 aromatic heterocycles. The van der Waals surface area contributed by atoms with Crippen LogP contribution in [0.5, 0.6) is 0 Å². The Bertz CT molecular complexity index is 923. The van der Waals surface area contributed by atoms with Crippen molar-refractivity contribution in [1.82, 2.24) is 0 Å². The van der Waals surface area contributed by atoms with E-state index in [4.69, 9.17) is 11.6 Å². The predicted molar refractivity (Wildman–Crippen MR) is 101 cm³/mol. The molecule has 0 atom stereocenters. The number of hydrogen-bond acceptors (Lipinski definition) is 4. The predicted octanol–water partition coefficient (Wildman–Crippen LogP) is 4.97. The third-order valence-corrected chi connectivity index (χ3v) is 6.57. The summed E-state index contributed by atoms with van der Waals surface area (Å²) in [6.07, 6.45) is 0. The van der Waals surface area contributed by atoms with Gasteiger partial charge in [-0.1, -0.05) is 29.8 Å². The molecule has 124 valence electrons. The zero-order valence-electron chi connectivity index (χ0n) is 12.8. The van der Waals surface area contributed by atoms with E-state index in [2.05, 4.69) is 4.72 Å². The number of benzene rings is 2. The maximum absolute atomic E-state index is 12.3. The molecule has 3 aromatic rings. The minimum Gasteiger partial charge on any atom is -0.345 e. The maximum atomic E-state index is 12.3. The molecule has 0 aliphatic heterocycles. The molecule has 2 aromatic carbocycles. The van der Waals surface area contributed by atoms with Gasteiger partial charge in [0.2, 0.25) is 0 Å². The molecule has 4 nitrogen and oxygen atoms in total. The van der Waals surface area contributed by atoms with Gasteiger partial charge in [-0.15, -0.1) is 11.3 Å². The molecule has 0 saturated heterocycles. The summed E-state index contributed by atoms with van der Waals surface area (Å²) in [7, 11) is -1.65. The lowest BCUT2D eigenvalue weighted by atomic mass is 10.2. The SMILES string of the molecule is CN(c1ccccc1)c1ccc(NS(=O)(=O)c2ccc(Cl)s2)cc1. The van der Waals surface area contributed by atoms with E-state index in [1.165, 1.54) is 6.07 Å². The zero-order chi connectivity index (χ0) is 17.2. The lowest BCUT2D eigenvalue weighted by Gasteiger charge is -2.19. The standard InChI is InChI=1S/C17H15ClN2O2S2/c1-20(14-5-3-2-4-6-14)15-9-7-13(8-10-15)19-24(21,22)17-12-11-16(18)23-17/h2-12,19H,1H3. The van der Waals surface area contributed by atoms with E-state index in [9.17, 15) is 8.42 Å². The number of thiophene rings is 1. The quantitative estimate of drug-likeness (QED) is 0.681. The second kappa shape index (κ2) is 6.84. The number of nitrogens with one attached hydrogen (secondary N) is 1. The Hall–Kier alpha value is -2.02. The molecule has 0 radical (unpaired) electrons. The molecule has 24 heavy (non-hydrogen) atoms. The molecule has 0 spiro atoms. The summed E-state index contributed by atoms with van der Waals surface area (Å²) in [4.78, 5) is 2.03. The van der Waals surface area contributed by atoms with Gasteiger partial charge in [0, 0.05) is 24.1 Å². The van der Waals surface area contributed by atoms with Gasteiger partial charge in [0.05, 0.1) is 4.34 Å². The van der Waals surface area contributed by atoms with Crippen LogP contribution in [0.15, 0.2) is 70.9 Å². The fraction of sp³-hybridized carbons (Fsp3) is 0.0588. The Morgan fingerprint density at radius 2 is 1.54 bits per heavy atom. The summed E-state index contributed by atoms with van der Waals surface area (Å²) >= 11 is 6.83. The topological polar surface area (TPSA) is 49.4 Å². The summed E-state index contributed by atoms with van der Waals surface area (Å²) in [6.45, 7) is 0. The number of anilines is 3. The monoisotopic (exact) mass is 378 g/mol. The third kappa shape index (κ3) is 3.72. The van der Waals surface area contributed by atoms with E-state index >= 15 is 0 Å². The van der Waals surface area contributed by atoms with E-state index < -0.39 is 10.0 Å². The first-order chi connectivity index (χ1) is 11.5. The van der Waals surface area contributed by atoms with Crippen LogP contribution in [0, 0.1) is 0 Å². The Kier molecular flexibility index (Phi) is 4.80. The second-order valence-corrected chi connectivity index (χ2v) is 8.73. The zero-order valence-corrected chi connectivity index (χ0v) is 15.2. The Morgan fingerprint density at radius 3 is 2.12 bits per heavy atom. The Morgan fingerprint density at radius 1 is 0.917 bits per heavy atom. The van der Waals surface area contributed by atoms with E-state index in [0.717, 1.165) is 22.7 Å². The first kappa shape index (κ1) is 16.8. The number of hydrogen-bond donors (Lipinski definition) is 1. The molecule has 0 fully saturated rings. The number of nitrogens with zero attached hydrogens (tertiary/aromatic N) is 1. The van der Waals surface area contributed by atoms with Crippen LogP contribution in [0.4, 0.5) is 17.1 Å². The minimum absolute atomic E-state index is 0.193. The fourth-order valence-electron chi connectivity index (χ4n) is 2.20. The smallest absolute Gasteiger partial charge is 0.271 e. The molecule has 0 aliphatic carbocycles. The molecular formula is C17H15ClN2O2S2. The van der Waals surface area contributed by atoms with Crippen LogP contribution >= 0.6 is 22.9 Å². The highest BCUT2D eigenvalue weighted by Gasteiger charge is 2.16. The van der Waals surface area contributed by atoms with Crippen LogP contribution in [-0.4, -0.2) is 15.5 Å². The maximum Gasteiger partial charge on any atom is 0.271 e. The van der Waals surface area contributed by atoms with Crippen molar-refractivity contribution >= 4 is 50.0 Å². The second-order valence-electron chi connectivity index (χ2n) is 5.11.